The van der Waals surface area contributed by atoms with E-state index in [4.69, 9.17) is 5.11 Å². The van der Waals surface area contributed by atoms with Gasteiger partial charge in [-0.1, -0.05) is 6.07 Å². The maximum absolute atomic E-state index is 13.5. The molecule has 3 nitrogen and oxygen atoms in total. The fraction of sp³-hybridized carbons (Fsp3) is 0.400. The average Bonchev–Trinajstić information content (AvgIpc) is 3.13. The van der Waals surface area contributed by atoms with E-state index in [0.29, 0.717) is 5.56 Å². The van der Waals surface area contributed by atoms with Crippen LogP contribution in [0.25, 0.3) is 6.08 Å². The number of aliphatic carboxylic acids is 1. The van der Waals surface area contributed by atoms with Gasteiger partial charge in [0.05, 0.1) is 0 Å². The first-order chi connectivity index (χ1) is 9.04. The summed E-state index contributed by atoms with van der Waals surface area (Å²) in [7, 11) is 2.05. The van der Waals surface area contributed by atoms with E-state index in [1.54, 1.807) is 12.1 Å². The Balaban J connectivity index is 2.04. The van der Waals surface area contributed by atoms with Crippen molar-refractivity contribution in [3.8, 4) is 0 Å². The molecule has 4 heteroatoms. The van der Waals surface area contributed by atoms with Crippen LogP contribution in [0.15, 0.2) is 24.3 Å². The molecule has 1 N–H and O–H groups in total. The van der Waals surface area contributed by atoms with Crippen LogP contribution < -0.4 is 0 Å². The van der Waals surface area contributed by atoms with Crippen molar-refractivity contribution in [3.63, 3.8) is 0 Å². The number of benzene rings is 1. The van der Waals surface area contributed by atoms with Gasteiger partial charge in [0, 0.05) is 24.7 Å². The first kappa shape index (κ1) is 13.7. The standard InChI is InChI=1S/C15H18FNO2/c1-17(9-11-2-3-11)10-12-4-6-14(16)13(8-12)5-7-15(18)19/h4-8,11H,2-3,9-10H2,1H3,(H,18,19). The van der Waals surface area contributed by atoms with Crippen LogP contribution in [0, 0.1) is 11.7 Å². The first-order valence-corrected chi connectivity index (χ1v) is 6.42. The molecule has 0 saturated heterocycles. The molecule has 1 aromatic carbocycles. The van der Waals surface area contributed by atoms with Gasteiger partial charge in [0.2, 0.25) is 0 Å². The van der Waals surface area contributed by atoms with Crippen LogP contribution >= 0.6 is 0 Å². The zero-order chi connectivity index (χ0) is 13.8. The van der Waals surface area contributed by atoms with E-state index in [9.17, 15) is 9.18 Å². The van der Waals surface area contributed by atoms with Crippen molar-refractivity contribution in [2.75, 3.05) is 13.6 Å². The lowest BCUT2D eigenvalue weighted by Gasteiger charge is -2.16. The summed E-state index contributed by atoms with van der Waals surface area (Å²) < 4.78 is 13.5. The summed E-state index contributed by atoms with van der Waals surface area (Å²) >= 11 is 0. The van der Waals surface area contributed by atoms with Gasteiger partial charge in [-0.3, -0.25) is 0 Å². The Kier molecular flexibility index (Phi) is 4.32. The van der Waals surface area contributed by atoms with E-state index < -0.39 is 11.8 Å². The summed E-state index contributed by atoms with van der Waals surface area (Å²) in [5.41, 5.74) is 1.31. The van der Waals surface area contributed by atoms with Gasteiger partial charge in [0.15, 0.2) is 0 Å². The molecule has 0 atom stereocenters. The Hall–Kier alpha value is -1.68. The molecule has 0 spiro atoms. The Labute approximate surface area is 112 Å². The molecule has 1 saturated carbocycles. The van der Waals surface area contributed by atoms with Crippen molar-refractivity contribution < 1.29 is 14.3 Å². The van der Waals surface area contributed by atoms with Crippen molar-refractivity contribution in [2.24, 2.45) is 5.92 Å². The number of halogens is 1. The molecule has 0 heterocycles. The van der Waals surface area contributed by atoms with E-state index in [0.717, 1.165) is 30.6 Å². The van der Waals surface area contributed by atoms with Crippen molar-refractivity contribution >= 4 is 12.0 Å². The largest absolute Gasteiger partial charge is 0.478 e. The van der Waals surface area contributed by atoms with E-state index in [-0.39, 0.29) is 0 Å². The third-order valence-corrected chi connectivity index (χ3v) is 3.19. The lowest BCUT2D eigenvalue weighted by molar-refractivity contribution is -0.131. The molecule has 19 heavy (non-hydrogen) atoms. The van der Waals surface area contributed by atoms with Crippen LogP contribution in [0.4, 0.5) is 4.39 Å². The monoisotopic (exact) mass is 263 g/mol. The molecule has 0 radical (unpaired) electrons. The third kappa shape index (κ3) is 4.48. The molecule has 1 aliphatic carbocycles. The van der Waals surface area contributed by atoms with Crippen LogP contribution in [0.3, 0.4) is 0 Å². The maximum Gasteiger partial charge on any atom is 0.328 e. The SMILES string of the molecule is CN(Cc1ccc(F)c(C=CC(=O)O)c1)CC1CC1. The minimum Gasteiger partial charge on any atom is -0.478 e. The molecule has 1 aromatic rings. The van der Waals surface area contributed by atoms with Gasteiger partial charge in [0.25, 0.3) is 0 Å². The highest BCUT2D eigenvalue weighted by Gasteiger charge is 2.22. The predicted molar refractivity (Wildman–Crippen MR) is 72.1 cm³/mol. The number of rotatable bonds is 6. The lowest BCUT2D eigenvalue weighted by Crippen LogP contribution is -2.20. The summed E-state index contributed by atoms with van der Waals surface area (Å²) in [6, 6.07) is 4.84. The van der Waals surface area contributed by atoms with Crippen LogP contribution in [0.2, 0.25) is 0 Å². The molecule has 2 rings (SSSR count). The number of hydrogen-bond acceptors (Lipinski definition) is 2. The topological polar surface area (TPSA) is 40.5 Å². The summed E-state index contributed by atoms with van der Waals surface area (Å²) in [6.45, 7) is 1.82. The van der Waals surface area contributed by atoms with Crippen LogP contribution in [0.5, 0.6) is 0 Å². The highest BCUT2D eigenvalue weighted by Crippen LogP contribution is 2.29. The molecule has 0 aliphatic heterocycles. The first-order valence-electron chi connectivity index (χ1n) is 6.42. The molecule has 0 aromatic heterocycles. The quantitative estimate of drug-likeness (QED) is 0.802. The summed E-state index contributed by atoms with van der Waals surface area (Å²) in [5.74, 6) is -0.654. The molecule has 0 amide bonds. The summed E-state index contributed by atoms with van der Waals surface area (Å²) in [4.78, 5) is 12.7. The van der Waals surface area contributed by atoms with Gasteiger partial charge in [0.1, 0.15) is 5.82 Å². The van der Waals surface area contributed by atoms with Crippen LogP contribution in [0.1, 0.15) is 24.0 Å². The lowest BCUT2D eigenvalue weighted by atomic mass is 10.1. The number of carboxylic acid groups (broad SMARTS) is 1. The molecule has 102 valence electrons. The van der Waals surface area contributed by atoms with Gasteiger partial charge in [-0.05, 0) is 49.6 Å². The third-order valence-electron chi connectivity index (χ3n) is 3.19. The molecule has 0 bridgehead atoms. The molecule has 0 unspecified atom stereocenters. The second-order valence-corrected chi connectivity index (χ2v) is 5.17. The van der Waals surface area contributed by atoms with Gasteiger partial charge >= 0.3 is 5.97 Å². The minimum atomic E-state index is -1.07. The minimum absolute atomic E-state index is 0.319. The Morgan fingerprint density at radius 1 is 1.53 bits per heavy atom. The van der Waals surface area contributed by atoms with Gasteiger partial charge in [-0.15, -0.1) is 0 Å². The summed E-state index contributed by atoms with van der Waals surface area (Å²) in [5, 5.41) is 8.57. The van der Waals surface area contributed by atoms with Crippen molar-refractivity contribution in [3.05, 3.63) is 41.2 Å². The Bertz CT molecular complexity index is 495. The fourth-order valence-electron chi connectivity index (χ4n) is 2.10. The molecule has 1 fully saturated rings. The van der Waals surface area contributed by atoms with E-state index in [1.165, 1.54) is 25.0 Å². The zero-order valence-corrected chi connectivity index (χ0v) is 11.0. The number of nitrogens with zero attached hydrogens (tertiary/aromatic N) is 1. The number of hydrogen-bond donors (Lipinski definition) is 1. The number of carbonyl (C=O) groups is 1. The van der Waals surface area contributed by atoms with Gasteiger partial charge in [-0.2, -0.15) is 0 Å². The predicted octanol–water partition coefficient (Wildman–Crippen LogP) is 2.77. The second-order valence-electron chi connectivity index (χ2n) is 5.17. The van der Waals surface area contributed by atoms with Gasteiger partial charge in [-0.25, -0.2) is 9.18 Å². The fourth-order valence-corrected chi connectivity index (χ4v) is 2.10. The van der Waals surface area contributed by atoms with Crippen LogP contribution in [-0.4, -0.2) is 29.6 Å². The highest BCUT2D eigenvalue weighted by molar-refractivity contribution is 5.85. The van der Waals surface area contributed by atoms with Crippen molar-refractivity contribution in [1.29, 1.82) is 0 Å². The van der Waals surface area contributed by atoms with E-state index in [1.807, 2.05) is 0 Å². The summed E-state index contributed by atoms with van der Waals surface area (Å²) in [6.07, 6.45) is 4.86. The smallest absolute Gasteiger partial charge is 0.328 e. The van der Waals surface area contributed by atoms with Crippen LogP contribution in [-0.2, 0) is 11.3 Å². The van der Waals surface area contributed by atoms with Crippen molar-refractivity contribution in [1.82, 2.24) is 4.90 Å². The molecular formula is C15H18FNO2. The average molecular weight is 263 g/mol. The maximum atomic E-state index is 13.5. The van der Waals surface area contributed by atoms with E-state index >= 15 is 0 Å². The zero-order valence-electron chi connectivity index (χ0n) is 11.0. The second kappa shape index (κ2) is 5.97. The Morgan fingerprint density at radius 2 is 2.26 bits per heavy atom. The van der Waals surface area contributed by atoms with E-state index in [2.05, 4.69) is 11.9 Å². The molecule has 1 aliphatic rings. The molecular weight excluding hydrogens is 245 g/mol. The number of carboxylic acids is 1. The highest BCUT2D eigenvalue weighted by atomic mass is 19.1. The normalized spacial score (nSPS) is 15.3. The van der Waals surface area contributed by atoms with Gasteiger partial charge < -0.3 is 10.0 Å². The van der Waals surface area contributed by atoms with Crippen molar-refractivity contribution in [2.45, 2.75) is 19.4 Å². The Morgan fingerprint density at radius 3 is 2.89 bits per heavy atom.